The molecule has 5 heteroatoms. The molecule has 0 unspecified atom stereocenters. The van der Waals surface area contributed by atoms with Gasteiger partial charge < -0.3 is 10.1 Å². The first kappa shape index (κ1) is 18.3. The van der Waals surface area contributed by atoms with Gasteiger partial charge in [0.1, 0.15) is 11.3 Å². The number of nitriles is 1. The highest BCUT2D eigenvalue weighted by Gasteiger charge is 2.33. The number of amides is 1. The van der Waals surface area contributed by atoms with Crippen LogP contribution in [0.4, 0.5) is 0 Å². The summed E-state index contributed by atoms with van der Waals surface area (Å²) in [4.78, 5) is 14.2. The van der Waals surface area contributed by atoms with Gasteiger partial charge in [0.2, 0.25) is 5.91 Å². The van der Waals surface area contributed by atoms with Gasteiger partial charge >= 0.3 is 0 Å². The molecule has 1 N–H and O–H groups in total. The molecule has 1 amide bonds. The minimum absolute atomic E-state index is 0.0770. The molecule has 0 heterocycles. The van der Waals surface area contributed by atoms with E-state index in [2.05, 4.69) is 11.4 Å². The highest BCUT2D eigenvalue weighted by molar-refractivity contribution is 5.79. The van der Waals surface area contributed by atoms with Crippen molar-refractivity contribution in [3.8, 4) is 11.8 Å². The molecule has 5 nitrogen and oxygen atoms in total. The second-order valence-electron chi connectivity index (χ2n) is 6.55. The van der Waals surface area contributed by atoms with Gasteiger partial charge in [0, 0.05) is 6.54 Å². The summed E-state index contributed by atoms with van der Waals surface area (Å²) in [5.41, 5.74) is 0.469. The Bertz CT molecular complexity index is 571. The average Bonchev–Trinajstić information content (AvgIpc) is 2.57. The van der Waals surface area contributed by atoms with Crippen molar-refractivity contribution in [1.82, 2.24) is 10.2 Å². The Morgan fingerprint density at radius 2 is 1.96 bits per heavy atom. The molecule has 1 aliphatic rings. The molecule has 0 saturated heterocycles. The molecule has 0 radical (unpaired) electrons. The number of rotatable bonds is 7. The largest absolute Gasteiger partial charge is 0.494 e. The van der Waals surface area contributed by atoms with Crippen molar-refractivity contribution in [1.29, 1.82) is 5.26 Å². The quantitative estimate of drug-likeness (QED) is 0.835. The molecule has 1 aromatic rings. The van der Waals surface area contributed by atoms with Crippen LogP contribution in [0.2, 0.25) is 0 Å². The van der Waals surface area contributed by atoms with Crippen molar-refractivity contribution in [2.75, 3.05) is 20.2 Å². The zero-order valence-corrected chi connectivity index (χ0v) is 14.7. The van der Waals surface area contributed by atoms with E-state index in [9.17, 15) is 10.1 Å². The van der Waals surface area contributed by atoms with Gasteiger partial charge in [-0.1, -0.05) is 31.4 Å². The fourth-order valence-electron chi connectivity index (χ4n) is 3.20. The van der Waals surface area contributed by atoms with Crippen LogP contribution in [-0.2, 0) is 11.3 Å². The maximum absolute atomic E-state index is 12.3. The summed E-state index contributed by atoms with van der Waals surface area (Å²) in [5, 5.41) is 12.4. The zero-order chi connectivity index (χ0) is 17.4. The molecule has 130 valence electrons. The fraction of sp³-hybridized carbons (Fsp3) is 0.579. The van der Waals surface area contributed by atoms with Crippen LogP contribution in [0.5, 0.6) is 5.75 Å². The Kier molecular flexibility index (Phi) is 6.62. The van der Waals surface area contributed by atoms with Gasteiger partial charge in [-0.3, -0.25) is 9.69 Å². The summed E-state index contributed by atoms with van der Waals surface area (Å²) in [6, 6.07) is 10.2. The SMILES string of the molecule is CCOc1ccc(CN(C)CC(=O)NC2(C#N)CCCCC2)cc1. The van der Waals surface area contributed by atoms with E-state index < -0.39 is 5.54 Å². The molecular weight excluding hydrogens is 302 g/mol. The van der Waals surface area contributed by atoms with E-state index in [-0.39, 0.29) is 12.5 Å². The van der Waals surface area contributed by atoms with Crippen LogP contribution < -0.4 is 10.1 Å². The topological polar surface area (TPSA) is 65.4 Å². The third-order valence-electron chi connectivity index (χ3n) is 4.40. The molecule has 0 aromatic heterocycles. The number of carbonyl (C=O) groups excluding carboxylic acids is 1. The van der Waals surface area contributed by atoms with Crippen molar-refractivity contribution in [3.63, 3.8) is 0 Å². The fourth-order valence-corrected chi connectivity index (χ4v) is 3.20. The lowest BCUT2D eigenvalue weighted by molar-refractivity contribution is -0.123. The third kappa shape index (κ3) is 5.24. The number of likely N-dealkylation sites (N-methyl/N-ethyl adjacent to an activating group) is 1. The molecule has 1 aliphatic carbocycles. The van der Waals surface area contributed by atoms with Crippen LogP contribution in [0.25, 0.3) is 0 Å². The second-order valence-corrected chi connectivity index (χ2v) is 6.55. The molecule has 1 saturated carbocycles. The number of nitrogens with zero attached hydrogens (tertiary/aromatic N) is 2. The lowest BCUT2D eigenvalue weighted by atomic mass is 9.83. The lowest BCUT2D eigenvalue weighted by Gasteiger charge is -2.32. The molecule has 0 atom stereocenters. The summed E-state index contributed by atoms with van der Waals surface area (Å²) in [7, 11) is 1.91. The van der Waals surface area contributed by atoms with Crippen molar-refractivity contribution >= 4 is 5.91 Å². The van der Waals surface area contributed by atoms with Crippen LogP contribution in [0.15, 0.2) is 24.3 Å². The molecule has 2 rings (SSSR count). The first-order valence-electron chi connectivity index (χ1n) is 8.69. The van der Waals surface area contributed by atoms with Crippen LogP contribution in [0, 0.1) is 11.3 Å². The van der Waals surface area contributed by atoms with E-state index in [4.69, 9.17) is 4.74 Å². The van der Waals surface area contributed by atoms with Gasteiger partial charge in [-0.05, 0) is 44.5 Å². The van der Waals surface area contributed by atoms with Gasteiger partial charge in [-0.15, -0.1) is 0 Å². The molecule has 1 fully saturated rings. The van der Waals surface area contributed by atoms with Crippen LogP contribution in [-0.4, -0.2) is 36.5 Å². The molecule has 0 spiro atoms. The van der Waals surface area contributed by atoms with Crippen LogP contribution in [0.1, 0.15) is 44.6 Å². The number of ether oxygens (including phenoxy) is 1. The van der Waals surface area contributed by atoms with E-state index in [0.717, 1.165) is 43.4 Å². The van der Waals surface area contributed by atoms with E-state index in [1.807, 2.05) is 43.1 Å². The van der Waals surface area contributed by atoms with Gasteiger partial charge in [0.05, 0.1) is 19.2 Å². The summed E-state index contributed by atoms with van der Waals surface area (Å²) >= 11 is 0. The highest BCUT2D eigenvalue weighted by Crippen LogP contribution is 2.27. The molecule has 0 aliphatic heterocycles. The van der Waals surface area contributed by atoms with Gasteiger partial charge in [-0.25, -0.2) is 0 Å². The van der Waals surface area contributed by atoms with Crippen LogP contribution in [0.3, 0.4) is 0 Å². The first-order valence-corrected chi connectivity index (χ1v) is 8.69. The predicted molar refractivity (Wildman–Crippen MR) is 93.5 cm³/mol. The molecule has 24 heavy (non-hydrogen) atoms. The highest BCUT2D eigenvalue weighted by atomic mass is 16.5. The van der Waals surface area contributed by atoms with Gasteiger partial charge in [-0.2, -0.15) is 5.26 Å². The Balaban J connectivity index is 1.83. The third-order valence-corrected chi connectivity index (χ3v) is 4.40. The van der Waals surface area contributed by atoms with Crippen LogP contribution >= 0.6 is 0 Å². The number of nitrogens with one attached hydrogen (secondary N) is 1. The van der Waals surface area contributed by atoms with Crippen molar-refractivity contribution in [3.05, 3.63) is 29.8 Å². The summed E-state index contributed by atoms with van der Waals surface area (Å²) in [5.74, 6) is 0.779. The van der Waals surface area contributed by atoms with Crippen molar-refractivity contribution < 1.29 is 9.53 Å². The van der Waals surface area contributed by atoms with Gasteiger partial charge in [0.25, 0.3) is 0 Å². The lowest BCUT2D eigenvalue weighted by Crippen LogP contribution is -2.51. The number of carbonyl (C=O) groups is 1. The smallest absolute Gasteiger partial charge is 0.235 e. The Morgan fingerprint density at radius 1 is 1.29 bits per heavy atom. The van der Waals surface area contributed by atoms with E-state index in [0.29, 0.717) is 13.2 Å². The van der Waals surface area contributed by atoms with Crippen molar-refractivity contribution in [2.45, 2.75) is 51.1 Å². The van der Waals surface area contributed by atoms with Gasteiger partial charge in [0.15, 0.2) is 0 Å². The van der Waals surface area contributed by atoms with E-state index in [1.165, 1.54) is 0 Å². The maximum atomic E-state index is 12.3. The Morgan fingerprint density at radius 3 is 2.54 bits per heavy atom. The standard InChI is InChI=1S/C19H27N3O2/c1-3-24-17-9-7-16(8-10-17)13-22(2)14-18(23)21-19(15-20)11-5-4-6-12-19/h7-10H,3-6,11-14H2,1-2H3,(H,21,23). The molecular formula is C19H27N3O2. The van der Waals surface area contributed by atoms with E-state index >= 15 is 0 Å². The monoisotopic (exact) mass is 329 g/mol. The summed E-state index contributed by atoms with van der Waals surface area (Å²) in [6.07, 6.45) is 4.69. The number of hydrogen-bond acceptors (Lipinski definition) is 4. The summed E-state index contributed by atoms with van der Waals surface area (Å²) in [6.45, 7) is 3.58. The van der Waals surface area contributed by atoms with Crippen molar-refractivity contribution in [2.24, 2.45) is 0 Å². The predicted octanol–water partition coefficient (Wildman–Crippen LogP) is 2.86. The maximum Gasteiger partial charge on any atom is 0.235 e. The molecule has 1 aromatic carbocycles. The minimum atomic E-state index is -0.657. The zero-order valence-electron chi connectivity index (χ0n) is 14.7. The molecule has 0 bridgehead atoms. The minimum Gasteiger partial charge on any atom is -0.494 e. The first-order chi connectivity index (χ1) is 11.6. The average molecular weight is 329 g/mol. The summed E-state index contributed by atoms with van der Waals surface area (Å²) < 4.78 is 5.43. The normalized spacial score (nSPS) is 16.4. The number of hydrogen-bond donors (Lipinski definition) is 1. The second kappa shape index (κ2) is 8.70. The number of benzene rings is 1. The Labute approximate surface area is 144 Å². The Hall–Kier alpha value is -2.06. The van der Waals surface area contributed by atoms with E-state index in [1.54, 1.807) is 0 Å².